The Balaban J connectivity index is 1.64. The number of anilines is 1. The van der Waals surface area contributed by atoms with E-state index in [0.29, 0.717) is 0 Å². The van der Waals surface area contributed by atoms with Crippen LogP contribution in [0.2, 0.25) is 5.02 Å². The molecule has 4 aliphatic rings. The minimum atomic E-state index is 0.126. The standard InChI is InChI=1S/C17H23ClN2/c18-15-1-3-16(4-2-15)20-17(10-19)13-6-11-5-12(8-13)9-14(17)7-11/h1-4,11-14,20H,5-10,19H2. The molecular formula is C17H23ClN2. The van der Waals surface area contributed by atoms with Gasteiger partial charge in [-0.2, -0.15) is 0 Å². The summed E-state index contributed by atoms with van der Waals surface area (Å²) in [6.07, 6.45) is 7.00. The van der Waals surface area contributed by atoms with Gasteiger partial charge in [-0.25, -0.2) is 0 Å². The molecule has 3 heteroatoms. The van der Waals surface area contributed by atoms with Gasteiger partial charge in [0.05, 0.1) is 5.54 Å². The number of hydrogen-bond acceptors (Lipinski definition) is 2. The molecule has 0 radical (unpaired) electrons. The second-order valence-corrected chi connectivity index (χ2v) is 7.62. The lowest BCUT2D eigenvalue weighted by Crippen LogP contribution is -2.65. The van der Waals surface area contributed by atoms with Crippen molar-refractivity contribution in [1.82, 2.24) is 0 Å². The van der Waals surface area contributed by atoms with Gasteiger partial charge in [0.2, 0.25) is 0 Å². The van der Waals surface area contributed by atoms with Gasteiger partial charge in [0.15, 0.2) is 0 Å². The van der Waals surface area contributed by atoms with Gasteiger partial charge < -0.3 is 11.1 Å². The summed E-state index contributed by atoms with van der Waals surface area (Å²) in [6.45, 7) is 0.754. The third kappa shape index (κ3) is 1.88. The van der Waals surface area contributed by atoms with Gasteiger partial charge in [-0.05, 0) is 80.0 Å². The Labute approximate surface area is 126 Å². The normalized spacial score (nSPS) is 41.9. The first-order valence-electron chi connectivity index (χ1n) is 7.93. The van der Waals surface area contributed by atoms with E-state index in [0.717, 1.165) is 35.2 Å². The van der Waals surface area contributed by atoms with Crippen LogP contribution in [-0.2, 0) is 0 Å². The van der Waals surface area contributed by atoms with Crippen molar-refractivity contribution in [3.8, 4) is 0 Å². The number of benzene rings is 1. The molecule has 0 heterocycles. The van der Waals surface area contributed by atoms with Crippen LogP contribution in [0.3, 0.4) is 0 Å². The zero-order valence-corrected chi connectivity index (χ0v) is 12.6. The van der Waals surface area contributed by atoms with Crippen LogP contribution >= 0.6 is 11.6 Å². The molecule has 0 aromatic heterocycles. The van der Waals surface area contributed by atoms with Crippen LogP contribution in [-0.4, -0.2) is 12.1 Å². The first-order chi connectivity index (χ1) is 9.69. The summed E-state index contributed by atoms with van der Waals surface area (Å²) in [5.41, 5.74) is 7.58. The molecule has 0 aliphatic heterocycles. The smallest absolute Gasteiger partial charge is 0.0552 e. The molecule has 0 atom stereocenters. The Morgan fingerprint density at radius 1 is 1.00 bits per heavy atom. The molecule has 3 N–H and O–H groups in total. The first kappa shape index (κ1) is 13.0. The van der Waals surface area contributed by atoms with Crippen molar-refractivity contribution in [2.75, 3.05) is 11.9 Å². The molecule has 0 unspecified atom stereocenters. The number of nitrogens with two attached hydrogens (primary N) is 1. The quantitative estimate of drug-likeness (QED) is 0.886. The summed E-state index contributed by atoms with van der Waals surface area (Å²) >= 11 is 5.99. The average molecular weight is 291 g/mol. The third-order valence-electron chi connectivity index (χ3n) is 6.15. The fourth-order valence-corrected chi connectivity index (χ4v) is 5.54. The van der Waals surface area contributed by atoms with Gasteiger partial charge in [-0.3, -0.25) is 0 Å². The first-order valence-corrected chi connectivity index (χ1v) is 8.31. The van der Waals surface area contributed by atoms with E-state index in [2.05, 4.69) is 17.4 Å². The average Bonchev–Trinajstić information content (AvgIpc) is 2.44. The number of nitrogens with one attached hydrogen (secondary N) is 1. The van der Waals surface area contributed by atoms with Gasteiger partial charge in [0, 0.05) is 17.3 Å². The topological polar surface area (TPSA) is 38.0 Å². The van der Waals surface area contributed by atoms with Gasteiger partial charge in [0.1, 0.15) is 0 Å². The van der Waals surface area contributed by atoms with Crippen LogP contribution in [0.5, 0.6) is 0 Å². The summed E-state index contributed by atoms with van der Waals surface area (Å²) in [5.74, 6) is 3.48. The molecular weight excluding hydrogens is 268 g/mol. The van der Waals surface area contributed by atoms with E-state index in [9.17, 15) is 0 Å². The van der Waals surface area contributed by atoms with Crippen molar-refractivity contribution in [1.29, 1.82) is 0 Å². The van der Waals surface area contributed by atoms with Crippen molar-refractivity contribution >= 4 is 17.3 Å². The van der Waals surface area contributed by atoms with Crippen molar-refractivity contribution in [2.24, 2.45) is 29.4 Å². The van der Waals surface area contributed by atoms with E-state index in [1.165, 1.54) is 37.8 Å². The van der Waals surface area contributed by atoms with Crippen LogP contribution in [0.15, 0.2) is 24.3 Å². The SMILES string of the molecule is NCC1(Nc2ccc(Cl)cc2)C2CC3CC(C2)CC1C3. The predicted molar refractivity (Wildman–Crippen MR) is 83.9 cm³/mol. The van der Waals surface area contributed by atoms with E-state index in [1.54, 1.807) is 0 Å². The van der Waals surface area contributed by atoms with Crippen molar-refractivity contribution in [3.63, 3.8) is 0 Å². The third-order valence-corrected chi connectivity index (χ3v) is 6.41. The van der Waals surface area contributed by atoms with E-state index in [1.807, 2.05) is 12.1 Å². The molecule has 1 aromatic carbocycles. The number of rotatable bonds is 3. The summed E-state index contributed by atoms with van der Waals surface area (Å²) in [4.78, 5) is 0. The number of halogens is 1. The van der Waals surface area contributed by atoms with Crippen LogP contribution in [0.25, 0.3) is 0 Å². The van der Waals surface area contributed by atoms with Crippen molar-refractivity contribution in [3.05, 3.63) is 29.3 Å². The van der Waals surface area contributed by atoms with Crippen LogP contribution in [0.1, 0.15) is 32.1 Å². The minimum Gasteiger partial charge on any atom is -0.378 e. The molecule has 0 saturated heterocycles. The van der Waals surface area contributed by atoms with E-state index in [4.69, 9.17) is 17.3 Å². The predicted octanol–water partition coefficient (Wildman–Crippen LogP) is 3.91. The summed E-state index contributed by atoms with van der Waals surface area (Å²) in [5, 5.41) is 4.62. The van der Waals surface area contributed by atoms with E-state index in [-0.39, 0.29) is 5.54 Å². The maximum Gasteiger partial charge on any atom is 0.0552 e. The number of hydrogen-bond donors (Lipinski definition) is 2. The van der Waals surface area contributed by atoms with Crippen molar-refractivity contribution < 1.29 is 0 Å². The molecule has 108 valence electrons. The van der Waals surface area contributed by atoms with Gasteiger partial charge in [-0.1, -0.05) is 11.6 Å². The second-order valence-electron chi connectivity index (χ2n) is 7.18. The second kappa shape index (κ2) is 4.64. The fourth-order valence-electron chi connectivity index (χ4n) is 5.42. The molecule has 20 heavy (non-hydrogen) atoms. The Kier molecular flexibility index (Phi) is 3.01. The molecule has 4 bridgehead atoms. The molecule has 4 aliphatic carbocycles. The fraction of sp³-hybridized carbons (Fsp3) is 0.647. The highest BCUT2D eigenvalue weighted by molar-refractivity contribution is 6.30. The van der Waals surface area contributed by atoms with Gasteiger partial charge in [-0.15, -0.1) is 0 Å². The summed E-state index contributed by atoms with van der Waals surface area (Å²) < 4.78 is 0. The summed E-state index contributed by atoms with van der Waals surface area (Å²) in [7, 11) is 0. The lowest BCUT2D eigenvalue weighted by molar-refractivity contribution is -0.0405. The monoisotopic (exact) mass is 290 g/mol. The molecule has 2 nitrogen and oxygen atoms in total. The lowest BCUT2D eigenvalue weighted by Gasteiger charge is -2.61. The Bertz CT molecular complexity index is 468. The van der Waals surface area contributed by atoms with Gasteiger partial charge in [0.25, 0.3) is 0 Å². The largest absolute Gasteiger partial charge is 0.378 e. The molecule has 1 aromatic rings. The zero-order valence-electron chi connectivity index (χ0n) is 11.8. The highest BCUT2D eigenvalue weighted by Gasteiger charge is 2.56. The Hall–Kier alpha value is -0.730. The van der Waals surface area contributed by atoms with E-state index >= 15 is 0 Å². The maximum absolute atomic E-state index is 6.28. The Morgan fingerprint density at radius 3 is 2.05 bits per heavy atom. The summed E-state index contributed by atoms with van der Waals surface area (Å²) in [6, 6.07) is 8.10. The van der Waals surface area contributed by atoms with Crippen molar-refractivity contribution in [2.45, 2.75) is 37.6 Å². The molecule has 0 spiro atoms. The minimum absolute atomic E-state index is 0.126. The molecule has 0 amide bonds. The lowest BCUT2D eigenvalue weighted by atomic mass is 9.48. The molecule has 4 fully saturated rings. The van der Waals surface area contributed by atoms with Gasteiger partial charge >= 0.3 is 0 Å². The Morgan fingerprint density at radius 2 is 1.55 bits per heavy atom. The van der Waals surface area contributed by atoms with Crippen LogP contribution < -0.4 is 11.1 Å². The highest BCUT2D eigenvalue weighted by atomic mass is 35.5. The van der Waals surface area contributed by atoms with Crippen LogP contribution in [0, 0.1) is 23.7 Å². The maximum atomic E-state index is 6.28. The molecule has 5 rings (SSSR count). The highest BCUT2D eigenvalue weighted by Crippen LogP contribution is 2.58. The van der Waals surface area contributed by atoms with E-state index < -0.39 is 0 Å². The zero-order chi connectivity index (χ0) is 13.7. The van der Waals surface area contributed by atoms with Crippen LogP contribution in [0.4, 0.5) is 5.69 Å². The molecule has 4 saturated carbocycles.